The molecule has 0 saturated carbocycles. The topological polar surface area (TPSA) is 68.8 Å². The molecule has 1 aliphatic heterocycles. The minimum atomic E-state index is -2.40. The van der Waals surface area contributed by atoms with E-state index in [4.69, 9.17) is 4.74 Å². The van der Waals surface area contributed by atoms with Crippen molar-refractivity contribution >= 4 is 16.9 Å². The summed E-state index contributed by atoms with van der Waals surface area (Å²) in [5.41, 5.74) is 4.32. The number of aromatic carboxylic acids is 1. The third kappa shape index (κ3) is 5.02. The van der Waals surface area contributed by atoms with Crippen LogP contribution in [0.2, 0.25) is 0 Å². The number of aromatic nitrogens is 1. The number of halogens is 2. The maximum Gasteiger partial charge on any atom is 0.335 e. The molecule has 0 aliphatic carbocycles. The van der Waals surface area contributed by atoms with Crippen LogP contribution < -0.4 is 4.74 Å². The minimum Gasteiger partial charge on any atom is -0.496 e. The second-order valence-corrected chi connectivity index (χ2v) is 8.56. The molecule has 1 saturated heterocycles. The summed E-state index contributed by atoms with van der Waals surface area (Å²) in [6.45, 7) is 4.12. The summed E-state index contributed by atoms with van der Waals surface area (Å²) in [4.78, 5) is 18.7. The zero-order chi connectivity index (χ0) is 23.5. The van der Waals surface area contributed by atoms with Crippen LogP contribution >= 0.6 is 0 Å². The van der Waals surface area contributed by atoms with E-state index in [0.717, 1.165) is 46.3 Å². The molecule has 4 rings (SSSR count). The van der Waals surface area contributed by atoms with Gasteiger partial charge >= 0.3 is 5.97 Å². The third-order valence-corrected chi connectivity index (χ3v) is 6.42. The molecule has 0 amide bonds. The van der Waals surface area contributed by atoms with Crippen LogP contribution in [0.5, 0.6) is 5.75 Å². The summed E-state index contributed by atoms with van der Waals surface area (Å²) in [7, 11) is 1.66. The van der Waals surface area contributed by atoms with Crippen LogP contribution in [0.25, 0.3) is 10.9 Å². The second kappa shape index (κ2) is 9.89. The Balaban J connectivity index is 1.71. The fraction of sp³-hybridized carbons (Fsp3) is 0.400. The summed E-state index contributed by atoms with van der Waals surface area (Å²) in [6.07, 6.45) is 0.277. The number of ether oxygens (including phenoxy) is 1. The van der Waals surface area contributed by atoms with Crippen molar-refractivity contribution in [3.63, 3.8) is 0 Å². The van der Waals surface area contributed by atoms with Crippen molar-refractivity contribution in [1.29, 1.82) is 0 Å². The van der Waals surface area contributed by atoms with Gasteiger partial charge in [0.25, 0.3) is 6.43 Å². The lowest BCUT2D eigenvalue weighted by Gasteiger charge is -2.33. The standard InChI is InChI=1S/C25H29F2N3O3/c1-16-12-22(33-2)20(19-8-9-28-24(16)19)13-30-11-3-10-29(15-23(26)27)14-21(30)17-4-6-18(7-5-17)25(31)32/h4-9,12,21,23,28H,3,10-11,13-15H2,1-2H3,(H,31,32)/t21-/m0/s1. The number of methoxy groups -OCH3 is 1. The number of hydrogen-bond donors (Lipinski definition) is 2. The van der Waals surface area contributed by atoms with Crippen molar-refractivity contribution in [2.24, 2.45) is 0 Å². The first-order chi connectivity index (χ1) is 15.9. The fourth-order valence-corrected chi connectivity index (χ4v) is 4.80. The van der Waals surface area contributed by atoms with Crippen molar-refractivity contribution in [3.8, 4) is 5.75 Å². The van der Waals surface area contributed by atoms with Gasteiger partial charge in [-0.15, -0.1) is 0 Å². The summed E-state index contributed by atoms with van der Waals surface area (Å²) in [5, 5.41) is 10.3. The van der Waals surface area contributed by atoms with Crippen LogP contribution in [0.4, 0.5) is 8.78 Å². The molecule has 1 atom stereocenters. The van der Waals surface area contributed by atoms with Gasteiger partial charge in [0.15, 0.2) is 0 Å². The predicted molar refractivity (Wildman–Crippen MR) is 123 cm³/mol. The van der Waals surface area contributed by atoms with E-state index in [-0.39, 0.29) is 18.2 Å². The number of rotatable bonds is 7. The Morgan fingerprint density at radius 3 is 2.67 bits per heavy atom. The highest BCUT2D eigenvalue weighted by Crippen LogP contribution is 2.35. The van der Waals surface area contributed by atoms with Crippen LogP contribution in [0.3, 0.4) is 0 Å². The molecule has 0 unspecified atom stereocenters. The number of nitrogens with one attached hydrogen (secondary N) is 1. The minimum absolute atomic E-state index is 0.158. The molecule has 2 N–H and O–H groups in total. The van der Waals surface area contributed by atoms with Gasteiger partial charge in [0.05, 0.1) is 19.2 Å². The zero-order valence-corrected chi connectivity index (χ0v) is 18.9. The highest BCUT2D eigenvalue weighted by atomic mass is 19.3. The molecule has 1 aliphatic rings. The van der Waals surface area contributed by atoms with Gasteiger partial charge in [-0.3, -0.25) is 9.80 Å². The molecule has 0 radical (unpaired) electrons. The molecule has 33 heavy (non-hydrogen) atoms. The first-order valence-corrected chi connectivity index (χ1v) is 11.1. The third-order valence-electron chi connectivity index (χ3n) is 6.42. The summed E-state index contributed by atoms with van der Waals surface area (Å²) in [6, 6.07) is 10.7. The van der Waals surface area contributed by atoms with E-state index >= 15 is 0 Å². The maximum absolute atomic E-state index is 13.2. The molecule has 176 valence electrons. The van der Waals surface area contributed by atoms with Gasteiger partial charge in [-0.05, 0) is 55.3 Å². The molecular weight excluding hydrogens is 428 g/mol. The first-order valence-electron chi connectivity index (χ1n) is 11.1. The summed E-state index contributed by atoms with van der Waals surface area (Å²) < 4.78 is 32.1. The number of carbonyl (C=O) groups is 1. The number of alkyl halides is 2. The van der Waals surface area contributed by atoms with Crippen molar-refractivity contribution in [2.75, 3.05) is 33.3 Å². The molecular formula is C25H29F2N3O3. The number of aryl methyl sites for hydroxylation is 1. The quantitative estimate of drug-likeness (QED) is 0.538. The van der Waals surface area contributed by atoms with E-state index in [0.29, 0.717) is 19.6 Å². The van der Waals surface area contributed by atoms with Crippen molar-refractivity contribution in [1.82, 2.24) is 14.8 Å². The number of aromatic amines is 1. The van der Waals surface area contributed by atoms with E-state index < -0.39 is 12.4 Å². The van der Waals surface area contributed by atoms with Crippen LogP contribution in [0, 0.1) is 6.92 Å². The first kappa shape index (κ1) is 23.2. The van der Waals surface area contributed by atoms with Crippen LogP contribution in [0.1, 0.15) is 39.5 Å². The van der Waals surface area contributed by atoms with Crippen molar-refractivity contribution in [3.05, 3.63) is 64.8 Å². The Labute approximate surface area is 191 Å². The Kier molecular flexibility index (Phi) is 6.95. The van der Waals surface area contributed by atoms with E-state index in [2.05, 4.69) is 9.88 Å². The number of benzene rings is 2. The lowest BCUT2D eigenvalue weighted by molar-refractivity contribution is 0.0695. The van der Waals surface area contributed by atoms with Gasteiger partial charge in [0.1, 0.15) is 5.75 Å². The smallest absolute Gasteiger partial charge is 0.335 e. The van der Waals surface area contributed by atoms with Gasteiger partial charge in [0.2, 0.25) is 0 Å². The largest absolute Gasteiger partial charge is 0.496 e. The molecule has 3 aromatic rings. The lowest BCUT2D eigenvalue weighted by atomic mass is 10.00. The monoisotopic (exact) mass is 457 g/mol. The molecule has 0 bridgehead atoms. The molecule has 1 fully saturated rings. The molecule has 1 aromatic heterocycles. The van der Waals surface area contributed by atoms with E-state index in [1.54, 1.807) is 36.3 Å². The zero-order valence-electron chi connectivity index (χ0n) is 18.9. The molecule has 2 heterocycles. The second-order valence-electron chi connectivity index (χ2n) is 8.56. The predicted octanol–water partition coefficient (Wildman–Crippen LogP) is 4.70. The average molecular weight is 458 g/mol. The van der Waals surface area contributed by atoms with Crippen LogP contribution in [-0.2, 0) is 6.54 Å². The number of hydrogen-bond acceptors (Lipinski definition) is 4. The number of nitrogens with zero attached hydrogens (tertiary/aromatic N) is 2. The SMILES string of the molecule is COc1cc(C)c2[nH]ccc2c1CN1CCCN(CC(F)F)C[C@H]1c1ccc(C(=O)O)cc1. The van der Waals surface area contributed by atoms with Gasteiger partial charge in [-0.25, -0.2) is 13.6 Å². The van der Waals surface area contributed by atoms with E-state index in [1.165, 1.54) is 0 Å². The Morgan fingerprint density at radius 1 is 1.24 bits per heavy atom. The Bertz CT molecular complexity index is 1110. The molecule has 0 spiro atoms. The van der Waals surface area contributed by atoms with Crippen molar-refractivity contribution < 1.29 is 23.4 Å². The average Bonchev–Trinajstić information content (AvgIpc) is 3.20. The lowest BCUT2D eigenvalue weighted by Crippen LogP contribution is -2.36. The number of H-pyrrole nitrogens is 1. The van der Waals surface area contributed by atoms with E-state index in [9.17, 15) is 18.7 Å². The van der Waals surface area contributed by atoms with Gasteiger partial charge in [0, 0.05) is 48.3 Å². The highest BCUT2D eigenvalue weighted by Gasteiger charge is 2.29. The molecule has 6 nitrogen and oxygen atoms in total. The maximum atomic E-state index is 13.2. The summed E-state index contributed by atoms with van der Waals surface area (Å²) >= 11 is 0. The van der Waals surface area contributed by atoms with Crippen LogP contribution in [-0.4, -0.2) is 65.6 Å². The summed E-state index contributed by atoms with van der Waals surface area (Å²) in [5.74, 6) is -0.189. The van der Waals surface area contributed by atoms with Crippen molar-refractivity contribution in [2.45, 2.75) is 32.4 Å². The number of carboxylic acids is 1. The van der Waals surface area contributed by atoms with Crippen LogP contribution in [0.15, 0.2) is 42.6 Å². The van der Waals surface area contributed by atoms with Gasteiger partial charge in [-0.2, -0.15) is 0 Å². The Hall–Kier alpha value is -2.97. The molecule has 8 heteroatoms. The van der Waals surface area contributed by atoms with Gasteiger partial charge < -0.3 is 14.8 Å². The molecule has 2 aromatic carbocycles. The fourth-order valence-electron chi connectivity index (χ4n) is 4.80. The highest BCUT2D eigenvalue weighted by molar-refractivity contribution is 5.88. The number of fused-ring (bicyclic) bond motifs is 1. The van der Waals surface area contributed by atoms with Gasteiger partial charge in [-0.1, -0.05) is 12.1 Å². The Morgan fingerprint density at radius 2 is 2.00 bits per heavy atom. The normalized spacial score (nSPS) is 18.0. The van der Waals surface area contributed by atoms with E-state index in [1.807, 2.05) is 25.3 Å². The number of carboxylic acid groups (broad SMARTS) is 1.